The SMILES string of the molecule is CCCNC(=O)CN1C(=O)S/C(=C\c2cc(OC)c(O)c(OC)c2)C1=O. The third kappa shape index (κ3) is 4.29. The second kappa shape index (κ2) is 8.61. The molecule has 140 valence electrons. The Labute approximate surface area is 155 Å². The summed E-state index contributed by atoms with van der Waals surface area (Å²) >= 11 is 0.748. The number of benzene rings is 1. The van der Waals surface area contributed by atoms with Gasteiger partial charge >= 0.3 is 0 Å². The molecule has 0 radical (unpaired) electrons. The van der Waals surface area contributed by atoms with Gasteiger partial charge in [-0.25, -0.2) is 0 Å². The lowest BCUT2D eigenvalue weighted by Gasteiger charge is -2.12. The van der Waals surface area contributed by atoms with Crippen LogP contribution in [0.1, 0.15) is 18.9 Å². The summed E-state index contributed by atoms with van der Waals surface area (Å²) in [6.45, 7) is 2.07. The number of rotatable bonds is 7. The van der Waals surface area contributed by atoms with Crippen LogP contribution in [0.15, 0.2) is 17.0 Å². The third-order valence-electron chi connectivity index (χ3n) is 3.55. The number of carbonyl (C=O) groups is 3. The molecule has 0 saturated carbocycles. The molecular formula is C17H20N2O6S. The fourth-order valence-corrected chi connectivity index (χ4v) is 3.09. The zero-order chi connectivity index (χ0) is 19.3. The predicted molar refractivity (Wildman–Crippen MR) is 97.2 cm³/mol. The molecule has 1 fully saturated rings. The number of hydrogen-bond acceptors (Lipinski definition) is 7. The Morgan fingerprint density at radius 3 is 2.42 bits per heavy atom. The van der Waals surface area contributed by atoms with Gasteiger partial charge in [0.05, 0.1) is 19.1 Å². The van der Waals surface area contributed by atoms with Crippen LogP contribution in [0, 0.1) is 0 Å². The van der Waals surface area contributed by atoms with Crippen LogP contribution in [0.5, 0.6) is 17.2 Å². The van der Waals surface area contributed by atoms with Crippen molar-refractivity contribution in [3.8, 4) is 17.2 Å². The van der Waals surface area contributed by atoms with E-state index in [4.69, 9.17) is 9.47 Å². The molecule has 1 aliphatic heterocycles. The number of phenols is 1. The number of nitrogens with zero attached hydrogens (tertiary/aromatic N) is 1. The van der Waals surface area contributed by atoms with Gasteiger partial charge in [0, 0.05) is 6.54 Å². The summed E-state index contributed by atoms with van der Waals surface area (Å²) in [6.07, 6.45) is 2.25. The summed E-state index contributed by atoms with van der Waals surface area (Å²) in [6, 6.07) is 3.03. The fraction of sp³-hybridized carbons (Fsp3) is 0.353. The van der Waals surface area contributed by atoms with Crippen molar-refractivity contribution in [2.24, 2.45) is 0 Å². The van der Waals surface area contributed by atoms with Crippen LogP contribution in [0.2, 0.25) is 0 Å². The summed E-state index contributed by atoms with van der Waals surface area (Å²) in [4.78, 5) is 37.3. The van der Waals surface area contributed by atoms with Crippen molar-refractivity contribution >= 4 is 34.9 Å². The molecule has 2 N–H and O–H groups in total. The molecule has 3 amide bonds. The van der Waals surface area contributed by atoms with Crippen LogP contribution in [0.3, 0.4) is 0 Å². The molecule has 1 heterocycles. The van der Waals surface area contributed by atoms with E-state index in [0.717, 1.165) is 23.1 Å². The standard InChI is InChI=1S/C17H20N2O6S/c1-4-5-18-14(20)9-19-16(22)13(26-17(19)23)8-10-6-11(24-2)15(21)12(7-10)25-3/h6-8,21H,4-5,9H2,1-3H3,(H,18,20)/b13-8-. The quantitative estimate of drug-likeness (QED) is 0.697. The van der Waals surface area contributed by atoms with Gasteiger partial charge in [-0.15, -0.1) is 0 Å². The lowest BCUT2D eigenvalue weighted by molar-refractivity contribution is -0.129. The van der Waals surface area contributed by atoms with Crippen molar-refractivity contribution in [3.63, 3.8) is 0 Å². The number of imide groups is 1. The Hall–Kier alpha value is -2.68. The molecule has 1 aromatic rings. The molecule has 1 saturated heterocycles. The Kier molecular flexibility index (Phi) is 6.51. The van der Waals surface area contributed by atoms with Gasteiger partial charge < -0.3 is 19.9 Å². The van der Waals surface area contributed by atoms with Crippen LogP contribution in [0.25, 0.3) is 6.08 Å². The summed E-state index contributed by atoms with van der Waals surface area (Å²) in [5.74, 6) is -0.739. The topological polar surface area (TPSA) is 105 Å². The molecule has 2 rings (SSSR count). The van der Waals surface area contributed by atoms with Crippen molar-refractivity contribution in [1.29, 1.82) is 0 Å². The maximum absolute atomic E-state index is 12.4. The number of phenolic OH excluding ortho intramolecular Hbond substituents is 1. The maximum Gasteiger partial charge on any atom is 0.294 e. The molecule has 9 heteroatoms. The minimum atomic E-state index is -0.544. The van der Waals surface area contributed by atoms with E-state index in [-0.39, 0.29) is 34.6 Å². The predicted octanol–water partition coefficient (Wildman–Crippen LogP) is 1.97. The van der Waals surface area contributed by atoms with Crippen molar-refractivity contribution in [2.75, 3.05) is 27.3 Å². The number of thioether (sulfide) groups is 1. The number of carbonyl (C=O) groups excluding carboxylic acids is 3. The van der Waals surface area contributed by atoms with Crippen LogP contribution in [-0.4, -0.2) is 54.4 Å². The van der Waals surface area contributed by atoms with Gasteiger partial charge in [-0.2, -0.15) is 0 Å². The zero-order valence-electron chi connectivity index (χ0n) is 14.7. The monoisotopic (exact) mass is 380 g/mol. The van der Waals surface area contributed by atoms with Gasteiger partial charge in [0.1, 0.15) is 6.54 Å². The van der Waals surface area contributed by atoms with E-state index in [1.807, 2.05) is 6.92 Å². The highest BCUT2D eigenvalue weighted by Crippen LogP contribution is 2.39. The Morgan fingerprint density at radius 2 is 1.88 bits per heavy atom. The summed E-state index contributed by atoms with van der Waals surface area (Å²) in [5.41, 5.74) is 0.512. The van der Waals surface area contributed by atoms with Crippen LogP contribution >= 0.6 is 11.8 Å². The highest BCUT2D eigenvalue weighted by molar-refractivity contribution is 8.18. The van der Waals surface area contributed by atoms with Crippen LogP contribution in [-0.2, 0) is 9.59 Å². The van der Waals surface area contributed by atoms with Crippen molar-refractivity contribution in [1.82, 2.24) is 10.2 Å². The number of amides is 3. The van der Waals surface area contributed by atoms with Gasteiger partial charge in [-0.05, 0) is 42.0 Å². The average molecular weight is 380 g/mol. The first-order valence-electron chi connectivity index (χ1n) is 7.88. The largest absolute Gasteiger partial charge is 0.502 e. The molecule has 0 aromatic heterocycles. The second-order valence-electron chi connectivity index (χ2n) is 5.39. The van der Waals surface area contributed by atoms with Crippen LogP contribution < -0.4 is 14.8 Å². The van der Waals surface area contributed by atoms with E-state index in [0.29, 0.717) is 12.1 Å². The van der Waals surface area contributed by atoms with Gasteiger partial charge in [-0.3, -0.25) is 19.3 Å². The number of aromatic hydroxyl groups is 1. The van der Waals surface area contributed by atoms with E-state index in [2.05, 4.69) is 5.32 Å². The van der Waals surface area contributed by atoms with Gasteiger partial charge in [0.2, 0.25) is 11.7 Å². The van der Waals surface area contributed by atoms with E-state index < -0.39 is 11.1 Å². The minimum Gasteiger partial charge on any atom is -0.502 e. The molecular weight excluding hydrogens is 360 g/mol. The lowest BCUT2D eigenvalue weighted by atomic mass is 10.1. The first kappa shape index (κ1) is 19.6. The summed E-state index contributed by atoms with van der Waals surface area (Å²) in [5, 5.41) is 12.0. The normalized spacial score (nSPS) is 15.5. The molecule has 1 aromatic carbocycles. The summed E-state index contributed by atoms with van der Waals surface area (Å²) < 4.78 is 10.1. The number of methoxy groups -OCH3 is 2. The number of ether oxygens (including phenoxy) is 2. The second-order valence-corrected chi connectivity index (χ2v) is 6.39. The van der Waals surface area contributed by atoms with Gasteiger partial charge in [0.15, 0.2) is 11.5 Å². The molecule has 0 unspecified atom stereocenters. The first-order chi connectivity index (χ1) is 12.4. The van der Waals surface area contributed by atoms with E-state index in [1.165, 1.54) is 32.4 Å². The lowest BCUT2D eigenvalue weighted by Crippen LogP contribution is -2.39. The maximum atomic E-state index is 12.4. The third-order valence-corrected chi connectivity index (χ3v) is 4.45. The molecule has 8 nitrogen and oxygen atoms in total. The molecule has 26 heavy (non-hydrogen) atoms. The Balaban J connectivity index is 2.23. The van der Waals surface area contributed by atoms with Crippen molar-refractivity contribution in [3.05, 3.63) is 22.6 Å². The summed E-state index contributed by atoms with van der Waals surface area (Å²) in [7, 11) is 2.78. The van der Waals surface area contributed by atoms with E-state index in [1.54, 1.807) is 0 Å². The molecule has 0 spiro atoms. The first-order valence-corrected chi connectivity index (χ1v) is 8.70. The Morgan fingerprint density at radius 1 is 1.27 bits per heavy atom. The molecule has 0 atom stereocenters. The smallest absolute Gasteiger partial charge is 0.294 e. The van der Waals surface area contributed by atoms with E-state index in [9.17, 15) is 19.5 Å². The van der Waals surface area contributed by atoms with Gasteiger partial charge in [-0.1, -0.05) is 6.92 Å². The number of hydrogen-bond donors (Lipinski definition) is 2. The van der Waals surface area contributed by atoms with Gasteiger partial charge in [0.25, 0.3) is 11.1 Å². The minimum absolute atomic E-state index is 0.159. The zero-order valence-corrected chi connectivity index (χ0v) is 15.5. The van der Waals surface area contributed by atoms with Crippen molar-refractivity contribution in [2.45, 2.75) is 13.3 Å². The van der Waals surface area contributed by atoms with E-state index >= 15 is 0 Å². The Bertz CT molecular complexity index is 737. The highest BCUT2D eigenvalue weighted by Gasteiger charge is 2.36. The molecule has 1 aliphatic rings. The van der Waals surface area contributed by atoms with Crippen LogP contribution in [0.4, 0.5) is 4.79 Å². The number of nitrogens with one attached hydrogen (secondary N) is 1. The molecule has 0 aliphatic carbocycles. The average Bonchev–Trinajstić information content (AvgIpc) is 2.88. The highest BCUT2D eigenvalue weighted by atomic mass is 32.2. The molecule has 0 bridgehead atoms. The fourth-order valence-electron chi connectivity index (χ4n) is 2.25. The van der Waals surface area contributed by atoms with Crippen molar-refractivity contribution < 1.29 is 29.0 Å².